The van der Waals surface area contributed by atoms with Crippen LogP contribution in [0.4, 0.5) is 9.18 Å². The van der Waals surface area contributed by atoms with E-state index >= 15 is 0 Å². The van der Waals surface area contributed by atoms with Crippen LogP contribution in [0, 0.1) is 5.82 Å². The molecule has 2 heterocycles. The maximum Gasteiger partial charge on any atom is 0.407 e. The second-order valence-corrected chi connectivity index (χ2v) is 5.90. The summed E-state index contributed by atoms with van der Waals surface area (Å²) < 4.78 is 18.4. The lowest BCUT2D eigenvalue weighted by molar-refractivity contribution is 0.0968. The normalized spacial score (nSPS) is 21.4. The smallest absolute Gasteiger partial charge is 0.407 e. The van der Waals surface area contributed by atoms with Crippen molar-refractivity contribution in [3.8, 4) is 0 Å². The van der Waals surface area contributed by atoms with Gasteiger partial charge in [-0.3, -0.25) is 4.79 Å². The Hall–Kier alpha value is -2.28. The van der Waals surface area contributed by atoms with Crippen LogP contribution in [-0.2, 0) is 0 Å². The predicted molar refractivity (Wildman–Crippen MR) is 80.2 cm³/mol. The number of piperidine rings is 1. The molecule has 0 radical (unpaired) electrons. The highest BCUT2D eigenvalue weighted by atomic mass is 35.5. The highest BCUT2D eigenvalue weighted by molar-refractivity contribution is 6.31. The Morgan fingerprint density at radius 2 is 2.22 bits per heavy atom. The molecule has 2 atom stereocenters. The van der Waals surface area contributed by atoms with Crippen molar-refractivity contribution in [1.29, 1.82) is 0 Å². The van der Waals surface area contributed by atoms with E-state index in [1.165, 1.54) is 23.1 Å². The summed E-state index contributed by atoms with van der Waals surface area (Å²) in [7, 11) is 0. The monoisotopic (exact) mass is 340 g/mol. The summed E-state index contributed by atoms with van der Waals surface area (Å²) in [6.07, 6.45) is -0.134. The molecule has 1 aliphatic heterocycles. The molecule has 1 fully saturated rings. The third kappa shape index (κ3) is 3.10. The molecule has 1 amide bonds. The second-order valence-electron chi connectivity index (χ2n) is 5.49. The van der Waals surface area contributed by atoms with E-state index in [0.29, 0.717) is 24.2 Å². The molecule has 8 heteroatoms. The molecule has 1 aromatic carbocycles. The minimum atomic E-state index is -1.07. The van der Waals surface area contributed by atoms with Crippen LogP contribution in [0.3, 0.4) is 0 Å². The van der Waals surface area contributed by atoms with E-state index in [4.69, 9.17) is 16.1 Å². The fourth-order valence-corrected chi connectivity index (χ4v) is 3.31. The van der Waals surface area contributed by atoms with Crippen LogP contribution in [0.5, 0.6) is 0 Å². The Morgan fingerprint density at radius 1 is 1.43 bits per heavy atom. The molecule has 2 aromatic rings. The quantitative estimate of drug-likeness (QED) is 0.877. The minimum absolute atomic E-state index is 0.115. The highest BCUT2D eigenvalue weighted by Crippen LogP contribution is 2.41. The van der Waals surface area contributed by atoms with Crippen molar-refractivity contribution in [2.45, 2.75) is 24.8 Å². The molecule has 1 aromatic heterocycles. The van der Waals surface area contributed by atoms with Gasteiger partial charge in [-0.1, -0.05) is 17.7 Å². The Morgan fingerprint density at radius 3 is 2.83 bits per heavy atom. The van der Waals surface area contributed by atoms with E-state index in [1.807, 2.05) is 0 Å². The number of aromatic amines is 1. The summed E-state index contributed by atoms with van der Waals surface area (Å²) in [5, 5.41) is 11.8. The van der Waals surface area contributed by atoms with Gasteiger partial charge in [0.25, 0.3) is 5.56 Å². The molecule has 0 spiro atoms. The number of aromatic nitrogens is 1. The summed E-state index contributed by atoms with van der Waals surface area (Å²) in [6, 6.07) is 4.75. The number of nitrogens with one attached hydrogen (secondary N) is 1. The summed E-state index contributed by atoms with van der Waals surface area (Å²) in [4.78, 5) is 24.0. The number of carbonyl (C=O) groups is 1. The van der Waals surface area contributed by atoms with Gasteiger partial charge in [0.1, 0.15) is 11.6 Å². The number of halogens is 2. The number of nitrogens with zero attached hydrogens (tertiary/aromatic N) is 1. The fraction of sp³-hybridized carbons (Fsp3) is 0.333. The van der Waals surface area contributed by atoms with Crippen LogP contribution in [0.15, 0.2) is 33.6 Å². The molecule has 1 saturated heterocycles. The van der Waals surface area contributed by atoms with Gasteiger partial charge in [-0.15, -0.1) is 0 Å². The van der Waals surface area contributed by atoms with E-state index in [2.05, 4.69) is 5.16 Å². The zero-order valence-corrected chi connectivity index (χ0v) is 12.7. The van der Waals surface area contributed by atoms with Crippen LogP contribution < -0.4 is 5.56 Å². The van der Waals surface area contributed by atoms with E-state index in [0.717, 1.165) is 6.07 Å². The van der Waals surface area contributed by atoms with Crippen molar-refractivity contribution in [2.24, 2.45) is 0 Å². The topological polar surface area (TPSA) is 86.5 Å². The number of amides is 1. The molecule has 2 N–H and O–H groups in total. The fourth-order valence-electron chi connectivity index (χ4n) is 3.02. The zero-order chi connectivity index (χ0) is 16.6. The van der Waals surface area contributed by atoms with Crippen molar-refractivity contribution in [2.75, 3.05) is 6.54 Å². The Balaban J connectivity index is 1.94. The van der Waals surface area contributed by atoms with E-state index in [9.17, 15) is 19.1 Å². The third-order valence-electron chi connectivity index (χ3n) is 4.11. The van der Waals surface area contributed by atoms with E-state index in [1.54, 1.807) is 0 Å². The number of carboxylic acid groups (broad SMARTS) is 1. The number of benzene rings is 1. The lowest BCUT2D eigenvalue weighted by Gasteiger charge is -2.37. The predicted octanol–water partition coefficient (Wildman–Crippen LogP) is 3.36. The summed E-state index contributed by atoms with van der Waals surface area (Å²) in [6.45, 7) is 0.271. The second kappa shape index (κ2) is 6.08. The molecular weight excluding hydrogens is 327 g/mol. The first-order valence-electron chi connectivity index (χ1n) is 7.08. The van der Waals surface area contributed by atoms with Gasteiger partial charge in [0, 0.05) is 23.6 Å². The molecule has 0 bridgehead atoms. The van der Waals surface area contributed by atoms with Crippen LogP contribution in [-0.4, -0.2) is 27.8 Å². The van der Waals surface area contributed by atoms with Gasteiger partial charge in [-0.25, -0.2) is 9.18 Å². The molecular formula is C15H14ClFN2O4. The van der Waals surface area contributed by atoms with Gasteiger partial charge in [-0.2, -0.15) is 5.16 Å². The first-order chi connectivity index (χ1) is 11.0. The molecule has 0 aliphatic carbocycles. The molecule has 6 nitrogen and oxygen atoms in total. The number of likely N-dealkylation sites (tertiary alicyclic amines) is 1. The number of rotatable bonds is 2. The van der Waals surface area contributed by atoms with Crippen LogP contribution in [0.25, 0.3) is 0 Å². The maximum atomic E-state index is 13.2. The lowest BCUT2D eigenvalue weighted by atomic mass is 9.86. The molecule has 1 aliphatic rings. The van der Waals surface area contributed by atoms with Crippen LogP contribution in [0.2, 0.25) is 5.02 Å². The van der Waals surface area contributed by atoms with Gasteiger partial charge < -0.3 is 14.5 Å². The standard InChI is InChI=1S/C15H14ClFN2O4/c16-11-6-9(17)1-2-10(11)12-5-8(3-4-19(12)15(21)22)13-7-14(20)18-23-13/h1-2,6-8,12H,3-5H2,(H,18,20)(H,21,22). The average Bonchev–Trinajstić information content (AvgIpc) is 2.93. The first kappa shape index (κ1) is 15.6. The van der Waals surface area contributed by atoms with Crippen molar-refractivity contribution in [3.63, 3.8) is 0 Å². The summed E-state index contributed by atoms with van der Waals surface area (Å²) in [5.41, 5.74) is 0.204. The van der Waals surface area contributed by atoms with Gasteiger partial charge in [-0.05, 0) is 30.5 Å². The minimum Gasteiger partial charge on any atom is -0.465 e. The highest BCUT2D eigenvalue weighted by Gasteiger charge is 2.35. The molecule has 0 saturated carbocycles. The van der Waals surface area contributed by atoms with Gasteiger partial charge in [0.05, 0.1) is 6.04 Å². The Labute approximate surface area is 135 Å². The van der Waals surface area contributed by atoms with Crippen molar-refractivity contribution in [3.05, 3.63) is 56.8 Å². The summed E-state index contributed by atoms with van der Waals surface area (Å²) in [5.74, 6) is -0.108. The third-order valence-corrected chi connectivity index (χ3v) is 4.44. The molecule has 2 unspecified atom stereocenters. The number of H-pyrrole nitrogens is 1. The number of hydrogen-bond acceptors (Lipinski definition) is 3. The first-order valence-corrected chi connectivity index (χ1v) is 7.46. The molecule has 23 heavy (non-hydrogen) atoms. The van der Waals surface area contributed by atoms with Crippen molar-refractivity contribution in [1.82, 2.24) is 10.1 Å². The van der Waals surface area contributed by atoms with Crippen molar-refractivity contribution < 1.29 is 18.8 Å². The molecule has 122 valence electrons. The lowest BCUT2D eigenvalue weighted by Crippen LogP contribution is -2.39. The SMILES string of the molecule is O=C(O)N1CCC(c2cc(=O)[nH]o2)CC1c1ccc(F)cc1Cl. The van der Waals surface area contributed by atoms with E-state index in [-0.39, 0.29) is 23.0 Å². The van der Waals surface area contributed by atoms with E-state index < -0.39 is 18.0 Å². The van der Waals surface area contributed by atoms with Crippen molar-refractivity contribution >= 4 is 17.7 Å². The Kier molecular flexibility index (Phi) is 4.12. The van der Waals surface area contributed by atoms with Gasteiger partial charge in [0.15, 0.2) is 0 Å². The van der Waals surface area contributed by atoms with Gasteiger partial charge >= 0.3 is 6.09 Å². The Bertz CT molecular complexity index is 788. The van der Waals surface area contributed by atoms with Gasteiger partial charge in [0.2, 0.25) is 0 Å². The largest absolute Gasteiger partial charge is 0.465 e. The van der Waals surface area contributed by atoms with Crippen LogP contribution >= 0.6 is 11.6 Å². The summed E-state index contributed by atoms with van der Waals surface area (Å²) >= 11 is 6.09. The zero-order valence-electron chi connectivity index (χ0n) is 12.0. The van der Waals surface area contributed by atoms with Crippen LogP contribution in [0.1, 0.15) is 36.1 Å². The number of hydrogen-bond donors (Lipinski definition) is 2. The molecule has 3 rings (SSSR count). The maximum absolute atomic E-state index is 13.2. The average molecular weight is 341 g/mol.